The molecule has 12 rings (SSSR count). The first-order valence-electron chi connectivity index (χ1n) is 20.6. The summed E-state index contributed by atoms with van der Waals surface area (Å²) in [6, 6.07) is 79.0. The quantitative estimate of drug-likeness (QED) is 0.163. The maximum atomic E-state index is 5.07. The summed E-state index contributed by atoms with van der Waals surface area (Å²) in [6.07, 6.45) is 0. The predicted molar refractivity (Wildman–Crippen MR) is 254 cm³/mol. The van der Waals surface area contributed by atoms with Crippen LogP contribution in [0.3, 0.4) is 0 Å². The lowest BCUT2D eigenvalue weighted by molar-refractivity contribution is 1.18. The topological polar surface area (TPSA) is 25.8 Å². The summed E-state index contributed by atoms with van der Waals surface area (Å²) in [7, 11) is 0. The van der Waals surface area contributed by atoms with Gasteiger partial charge in [-0.1, -0.05) is 206 Å². The van der Waals surface area contributed by atoms with Crippen molar-refractivity contribution in [1.29, 1.82) is 0 Å². The monoisotopic (exact) mass is 760 g/mol. The van der Waals surface area contributed by atoms with Crippen LogP contribution in [0.5, 0.6) is 0 Å². The third-order valence-electron chi connectivity index (χ3n) is 12.3. The van der Waals surface area contributed by atoms with E-state index in [-0.39, 0.29) is 0 Å². The molecule has 0 N–H and O–H groups in total. The van der Waals surface area contributed by atoms with E-state index < -0.39 is 0 Å². The molecule has 1 aromatic heterocycles. The van der Waals surface area contributed by atoms with Crippen molar-refractivity contribution in [1.82, 2.24) is 9.97 Å². The third kappa shape index (κ3) is 5.57. The number of hydrogen-bond acceptors (Lipinski definition) is 2. The van der Waals surface area contributed by atoms with Crippen molar-refractivity contribution in [3.05, 3.63) is 218 Å². The van der Waals surface area contributed by atoms with Gasteiger partial charge in [-0.25, -0.2) is 9.97 Å². The lowest BCUT2D eigenvalue weighted by Gasteiger charge is -2.16. The second-order valence-electron chi connectivity index (χ2n) is 15.7. The minimum absolute atomic E-state index is 0.716. The molecule has 0 aliphatic rings. The molecule has 0 saturated carbocycles. The highest BCUT2D eigenvalue weighted by Crippen LogP contribution is 2.43. The molecule has 0 fully saturated rings. The Morgan fingerprint density at radius 2 is 0.667 bits per heavy atom. The minimum Gasteiger partial charge on any atom is -0.228 e. The number of fused-ring (bicyclic) bond motifs is 6. The fourth-order valence-corrected chi connectivity index (χ4v) is 9.42. The number of nitrogens with zero attached hydrogens (tertiary/aromatic N) is 2. The van der Waals surface area contributed by atoms with Crippen LogP contribution in [-0.4, -0.2) is 9.97 Å². The molecule has 2 nitrogen and oxygen atoms in total. The molecule has 0 saturated heterocycles. The Kier molecular flexibility index (Phi) is 7.89. The Hall–Kier alpha value is -7.94. The standard InChI is InChI=1S/C58H36N2/c1-3-13-38(14-4-1)54-36-55(60-58(59-54)42-15-5-2-6-16-42)39-27-25-37(26-28-39)44-33-34-45(47-20-8-7-19-46(44)47)43-31-32-50-52-24-12-18-41-30-29-40-17-11-23-51(56(40)57(41)52)48-21-9-10-22-49(48)53(50)35-43/h1-36H. The van der Waals surface area contributed by atoms with Crippen molar-refractivity contribution < 1.29 is 0 Å². The Balaban J connectivity index is 0.999. The average molecular weight is 761 g/mol. The van der Waals surface area contributed by atoms with E-state index in [1.165, 1.54) is 81.3 Å². The van der Waals surface area contributed by atoms with Crippen LogP contribution in [0.15, 0.2) is 218 Å². The highest BCUT2D eigenvalue weighted by atomic mass is 14.9. The second-order valence-corrected chi connectivity index (χ2v) is 15.7. The molecular formula is C58H36N2. The van der Waals surface area contributed by atoms with Gasteiger partial charge in [0, 0.05) is 16.7 Å². The van der Waals surface area contributed by atoms with E-state index >= 15 is 0 Å². The van der Waals surface area contributed by atoms with E-state index in [9.17, 15) is 0 Å². The zero-order chi connectivity index (χ0) is 39.6. The molecule has 0 radical (unpaired) electrons. The lowest BCUT2D eigenvalue weighted by Crippen LogP contribution is -1.95. The summed E-state index contributed by atoms with van der Waals surface area (Å²) in [4.78, 5) is 10.1. The van der Waals surface area contributed by atoms with Crippen LogP contribution >= 0.6 is 0 Å². The normalized spacial score (nSPS) is 11.7. The van der Waals surface area contributed by atoms with Gasteiger partial charge < -0.3 is 0 Å². The van der Waals surface area contributed by atoms with Crippen LogP contribution in [0.1, 0.15) is 0 Å². The SMILES string of the molecule is c1ccc(-c2cc(-c3ccc(-c4ccc(-c5ccc6c(c5)c5ccccc5c5cccc7ccc8cccc6c8c75)c5ccccc45)cc3)nc(-c3ccccc3)n2)cc1. The summed E-state index contributed by atoms with van der Waals surface area (Å²) in [5.74, 6) is 0.716. The van der Waals surface area contributed by atoms with E-state index in [0.29, 0.717) is 5.82 Å². The second kappa shape index (κ2) is 13.9. The molecule has 2 heteroatoms. The summed E-state index contributed by atoms with van der Waals surface area (Å²) in [5, 5.41) is 15.2. The first kappa shape index (κ1) is 34.1. The Morgan fingerprint density at radius 3 is 1.27 bits per heavy atom. The summed E-state index contributed by atoms with van der Waals surface area (Å²) in [6.45, 7) is 0. The van der Waals surface area contributed by atoms with E-state index in [2.05, 4.69) is 194 Å². The Morgan fingerprint density at radius 1 is 0.233 bits per heavy atom. The molecule has 0 unspecified atom stereocenters. The Labute approximate surface area is 347 Å². The molecule has 0 amide bonds. The maximum Gasteiger partial charge on any atom is 0.160 e. The van der Waals surface area contributed by atoms with Crippen LogP contribution in [0.2, 0.25) is 0 Å². The zero-order valence-corrected chi connectivity index (χ0v) is 32.7. The molecule has 11 aromatic carbocycles. The van der Waals surface area contributed by atoms with Gasteiger partial charge in [0.25, 0.3) is 0 Å². The smallest absolute Gasteiger partial charge is 0.160 e. The molecule has 0 atom stereocenters. The van der Waals surface area contributed by atoms with Crippen LogP contribution < -0.4 is 0 Å². The highest BCUT2D eigenvalue weighted by Gasteiger charge is 2.16. The highest BCUT2D eigenvalue weighted by molar-refractivity contribution is 6.33. The van der Waals surface area contributed by atoms with Crippen molar-refractivity contribution in [2.45, 2.75) is 0 Å². The molecule has 0 bridgehead atoms. The van der Waals surface area contributed by atoms with E-state index in [1.54, 1.807) is 0 Å². The minimum atomic E-state index is 0.716. The van der Waals surface area contributed by atoms with E-state index in [4.69, 9.17) is 9.97 Å². The van der Waals surface area contributed by atoms with Crippen molar-refractivity contribution in [3.63, 3.8) is 0 Å². The molecule has 12 aromatic rings. The van der Waals surface area contributed by atoms with Crippen LogP contribution in [0.4, 0.5) is 0 Å². The van der Waals surface area contributed by atoms with Crippen molar-refractivity contribution >= 4 is 64.6 Å². The molecule has 0 aliphatic carbocycles. The summed E-state index contributed by atoms with van der Waals surface area (Å²) < 4.78 is 0. The van der Waals surface area contributed by atoms with Gasteiger partial charge in [-0.15, -0.1) is 0 Å². The average Bonchev–Trinajstić information content (AvgIpc) is 3.33. The van der Waals surface area contributed by atoms with Crippen molar-refractivity contribution in [3.8, 4) is 56.2 Å². The fraction of sp³-hybridized carbons (Fsp3) is 0. The summed E-state index contributed by atoms with van der Waals surface area (Å²) >= 11 is 0. The summed E-state index contributed by atoms with van der Waals surface area (Å²) in [5.41, 5.74) is 9.69. The maximum absolute atomic E-state index is 5.07. The van der Waals surface area contributed by atoms with Crippen LogP contribution in [-0.2, 0) is 0 Å². The number of aromatic nitrogens is 2. The predicted octanol–water partition coefficient (Wildman–Crippen LogP) is 15.7. The first-order valence-corrected chi connectivity index (χ1v) is 20.6. The number of rotatable bonds is 5. The fourth-order valence-electron chi connectivity index (χ4n) is 9.42. The first-order chi connectivity index (χ1) is 29.7. The van der Waals surface area contributed by atoms with Crippen LogP contribution in [0, 0.1) is 0 Å². The van der Waals surface area contributed by atoms with Gasteiger partial charge in [-0.3, -0.25) is 0 Å². The number of benzene rings is 10. The van der Waals surface area contributed by atoms with Gasteiger partial charge in [0.1, 0.15) is 0 Å². The van der Waals surface area contributed by atoms with Gasteiger partial charge in [0.2, 0.25) is 0 Å². The van der Waals surface area contributed by atoms with Gasteiger partial charge in [0.05, 0.1) is 11.4 Å². The molecular weight excluding hydrogens is 725 g/mol. The molecule has 60 heavy (non-hydrogen) atoms. The largest absolute Gasteiger partial charge is 0.228 e. The Bertz CT molecular complexity index is 3570. The van der Waals surface area contributed by atoms with Gasteiger partial charge in [-0.05, 0) is 99.0 Å². The van der Waals surface area contributed by atoms with Crippen molar-refractivity contribution in [2.24, 2.45) is 0 Å². The number of hydrogen-bond donors (Lipinski definition) is 0. The van der Waals surface area contributed by atoms with Gasteiger partial charge in [-0.2, -0.15) is 0 Å². The van der Waals surface area contributed by atoms with E-state index in [0.717, 1.165) is 33.6 Å². The third-order valence-corrected chi connectivity index (χ3v) is 12.3. The molecule has 1 heterocycles. The molecule has 0 spiro atoms. The van der Waals surface area contributed by atoms with E-state index in [1.807, 2.05) is 24.3 Å². The molecule has 0 aliphatic heterocycles. The molecule has 278 valence electrons. The van der Waals surface area contributed by atoms with Gasteiger partial charge >= 0.3 is 0 Å². The van der Waals surface area contributed by atoms with Crippen molar-refractivity contribution in [2.75, 3.05) is 0 Å². The zero-order valence-electron chi connectivity index (χ0n) is 32.7. The lowest BCUT2D eigenvalue weighted by atomic mass is 9.88. The van der Waals surface area contributed by atoms with Gasteiger partial charge in [0.15, 0.2) is 5.82 Å². The van der Waals surface area contributed by atoms with Crippen LogP contribution in [0.25, 0.3) is 121 Å².